The third-order valence-corrected chi connectivity index (χ3v) is 6.86. The van der Waals surface area contributed by atoms with Gasteiger partial charge in [-0.1, -0.05) is 0 Å². The maximum absolute atomic E-state index is 12.6. The molecule has 0 fully saturated rings. The summed E-state index contributed by atoms with van der Waals surface area (Å²) in [6.45, 7) is 3.48. The van der Waals surface area contributed by atoms with E-state index in [1.807, 2.05) is 29.8 Å². The van der Waals surface area contributed by atoms with Crippen LogP contribution in [0.25, 0.3) is 10.4 Å². The van der Waals surface area contributed by atoms with E-state index in [1.165, 1.54) is 29.4 Å². The third kappa shape index (κ3) is 5.83. The van der Waals surface area contributed by atoms with Crippen LogP contribution >= 0.6 is 22.7 Å². The summed E-state index contributed by atoms with van der Waals surface area (Å²) in [7, 11) is 1.52. The van der Waals surface area contributed by atoms with Crippen molar-refractivity contribution in [2.24, 2.45) is 0 Å². The van der Waals surface area contributed by atoms with Gasteiger partial charge in [-0.15, -0.1) is 11.3 Å². The van der Waals surface area contributed by atoms with Crippen LogP contribution < -0.4 is 40.2 Å². The van der Waals surface area contributed by atoms with E-state index >= 15 is 0 Å². The summed E-state index contributed by atoms with van der Waals surface area (Å²) in [6.07, 6.45) is 0.959. The number of nitrogens with zero attached hydrogens (tertiary/aromatic N) is 1. The number of urea groups is 1. The zero-order chi connectivity index (χ0) is 22.0. The number of thiophene rings is 2. The second-order valence-corrected chi connectivity index (χ2v) is 8.82. The van der Waals surface area contributed by atoms with Crippen molar-refractivity contribution in [1.29, 1.82) is 0 Å². The number of hydrogen-bond donors (Lipinski definition) is 3. The predicted octanol–water partition coefficient (Wildman–Crippen LogP) is 0.0300. The van der Waals surface area contributed by atoms with Crippen molar-refractivity contribution in [2.45, 2.75) is 32.4 Å². The molecule has 2 aromatic heterocycles. The summed E-state index contributed by atoms with van der Waals surface area (Å²) >= 11 is 2.97. The van der Waals surface area contributed by atoms with Crippen molar-refractivity contribution >= 4 is 46.4 Å². The van der Waals surface area contributed by atoms with Crippen molar-refractivity contribution < 1.29 is 55.3 Å². The van der Waals surface area contributed by atoms with Gasteiger partial charge >= 0.3 is 41.6 Å². The molecule has 0 aromatic carbocycles. The molecule has 3 rings (SSSR count). The minimum absolute atomic E-state index is 0. The molecule has 3 N–H and O–H groups in total. The number of allylic oxidation sites excluding steroid dienone is 1. The van der Waals surface area contributed by atoms with Crippen LogP contribution in [0.1, 0.15) is 31.3 Å². The summed E-state index contributed by atoms with van der Waals surface area (Å²) in [5, 5.41) is 18.3. The molecule has 0 aliphatic carbocycles. The summed E-state index contributed by atoms with van der Waals surface area (Å²) in [5.74, 6) is -2.14. The van der Waals surface area contributed by atoms with Gasteiger partial charge in [0.1, 0.15) is 0 Å². The monoisotopic (exact) mass is 471 g/mol. The average Bonchev–Trinajstić information content (AvgIpc) is 3.32. The van der Waals surface area contributed by atoms with Crippen molar-refractivity contribution in [2.75, 3.05) is 7.05 Å². The van der Waals surface area contributed by atoms with E-state index in [1.54, 1.807) is 18.3 Å². The quantitative estimate of drug-likeness (QED) is 0.406. The molecule has 31 heavy (non-hydrogen) atoms. The van der Waals surface area contributed by atoms with Crippen LogP contribution in [0.2, 0.25) is 0 Å². The Bertz CT molecular complexity index is 1040. The van der Waals surface area contributed by atoms with E-state index in [9.17, 15) is 24.3 Å². The van der Waals surface area contributed by atoms with Gasteiger partial charge in [-0.25, -0.2) is 4.79 Å². The number of aryl methyl sites for hydroxylation is 1. The molecule has 0 radical (unpaired) electrons. The van der Waals surface area contributed by atoms with E-state index < -0.39 is 35.8 Å². The largest absolute Gasteiger partial charge is 1.00 e. The van der Waals surface area contributed by atoms with E-state index in [-0.39, 0.29) is 37.4 Å². The number of carbonyl (C=O) groups is 4. The van der Waals surface area contributed by atoms with Gasteiger partial charge in [-0.05, 0) is 42.3 Å². The van der Waals surface area contributed by atoms with Crippen molar-refractivity contribution in [3.63, 3.8) is 0 Å². The average molecular weight is 472 g/mol. The topological polar surface area (TPSA) is 116 Å². The van der Waals surface area contributed by atoms with Gasteiger partial charge in [-0.3, -0.25) is 14.4 Å². The van der Waals surface area contributed by atoms with Gasteiger partial charge in [0.15, 0.2) is 11.8 Å². The van der Waals surface area contributed by atoms with Crippen LogP contribution in [0.4, 0.5) is 4.79 Å². The van der Waals surface area contributed by atoms with Crippen LogP contribution in [-0.2, 0) is 14.4 Å². The minimum atomic E-state index is -1.34. The molecular weight excluding hydrogens is 449 g/mol. The SMILES string of the molecule is CC1=CC(=O)C(NC(=O)N[C@@H](CC(=O)O)c2sc(-c3ccsc3)cc2C)C(=O)N1C.[H-].[Na+]. The first-order chi connectivity index (χ1) is 14.2. The molecule has 0 bridgehead atoms. The zero-order valence-corrected chi connectivity index (χ0v) is 21.2. The van der Waals surface area contributed by atoms with Crippen LogP contribution in [0, 0.1) is 6.92 Å². The first-order valence-corrected chi connectivity index (χ1v) is 10.8. The van der Waals surface area contributed by atoms with Crippen molar-refractivity contribution in [1.82, 2.24) is 15.5 Å². The standard InChI is InChI=1S/C20H21N3O5S2.Na.H/c1-10-6-15(12-4-5-29-9-12)30-18(10)13(8-16(25)26)21-20(28)22-17-14(24)7-11(2)23(3)19(17)27;;/h4-7,9,13,17H,8H2,1-3H3,(H,25,26)(H2,21,22,28);;/q;+1;-1/t13-,17?;;/m0../s1. The Morgan fingerprint density at radius 1 is 1.32 bits per heavy atom. The Labute approximate surface area is 211 Å². The van der Waals surface area contributed by atoms with E-state index in [4.69, 9.17) is 0 Å². The number of aliphatic carboxylic acids is 1. The molecule has 3 heterocycles. The van der Waals surface area contributed by atoms with Crippen molar-refractivity contribution in [3.05, 3.63) is 45.1 Å². The maximum atomic E-state index is 12.6. The number of likely N-dealkylation sites (N-methyl/N-ethyl adjacent to an activating group) is 1. The van der Waals surface area contributed by atoms with E-state index in [0.717, 1.165) is 16.0 Å². The van der Waals surface area contributed by atoms with E-state index in [0.29, 0.717) is 10.6 Å². The predicted molar refractivity (Wildman–Crippen MR) is 115 cm³/mol. The van der Waals surface area contributed by atoms with Gasteiger partial charge in [0.05, 0.1) is 12.5 Å². The number of carbonyl (C=O) groups excluding carboxylic acids is 3. The number of ketones is 1. The maximum Gasteiger partial charge on any atom is 1.00 e. The summed E-state index contributed by atoms with van der Waals surface area (Å²) in [4.78, 5) is 51.4. The fraction of sp³-hybridized carbons (Fsp3) is 0.300. The van der Waals surface area contributed by atoms with Crippen LogP contribution in [0.3, 0.4) is 0 Å². The van der Waals surface area contributed by atoms with Crippen LogP contribution in [0.15, 0.2) is 34.7 Å². The normalized spacial score (nSPS) is 16.9. The third-order valence-electron chi connectivity index (χ3n) is 4.78. The molecule has 8 nitrogen and oxygen atoms in total. The zero-order valence-electron chi connectivity index (χ0n) is 18.6. The van der Waals surface area contributed by atoms with Gasteiger partial charge < -0.3 is 22.1 Å². The number of carboxylic acid groups (broad SMARTS) is 1. The number of hydrogen-bond acceptors (Lipinski definition) is 6. The number of carboxylic acids is 1. The minimum Gasteiger partial charge on any atom is -1.00 e. The van der Waals surface area contributed by atoms with E-state index in [2.05, 4.69) is 10.6 Å². The Balaban J connectivity index is 0.00000256. The Morgan fingerprint density at radius 3 is 2.65 bits per heavy atom. The Morgan fingerprint density at radius 2 is 2.03 bits per heavy atom. The molecule has 0 saturated carbocycles. The molecule has 1 aliphatic heterocycles. The molecule has 1 unspecified atom stereocenters. The number of amides is 3. The Hall–Kier alpha value is -1.98. The summed E-state index contributed by atoms with van der Waals surface area (Å²) in [6, 6.07) is 1.00. The molecule has 11 heteroatoms. The molecule has 3 amide bonds. The van der Waals surface area contributed by atoms with Crippen molar-refractivity contribution in [3.8, 4) is 10.4 Å². The smallest absolute Gasteiger partial charge is 1.00 e. The second kappa shape index (κ2) is 10.6. The fourth-order valence-corrected chi connectivity index (χ4v) is 5.06. The summed E-state index contributed by atoms with van der Waals surface area (Å²) in [5.41, 5.74) is 2.37. The number of rotatable bonds is 6. The molecule has 160 valence electrons. The Kier molecular flexibility index (Phi) is 8.61. The van der Waals surface area contributed by atoms with Gasteiger partial charge in [0.2, 0.25) is 0 Å². The molecule has 0 spiro atoms. The summed E-state index contributed by atoms with van der Waals surface area (Å²) < 4.78 is 0. The molecule has 2 atom stereocenters. The van der Waals surface area contributed by atoms with Crippen LogP contribution in [-0.4, -0.2) is 46.8 Å². The molecule has 2 aromatic rings. The molecular formula is C20H22N3NaO5S2. The first-order valence-electron chi connectivity index (χ1n) is 9.08. The van der Waals surface area contributed by atoms with Crippen LogP contribution in [0.5, 0.6) is 0 Å². The fourth-order valence-electron chi connectivity index (χ4n) is 3.11. The first kappa shape index (κ1) is 25.3. The molecule has 1 aliphatic rings. The van der Waals surface area contributed by atoms with Gasteiger partial charge in [-0.2, -0.15) is 11.3 Å². The van der Waals surface area contributed by atoms with Gasteiger partial charge in [0.25, 0.3) is 5.91 Å². The second-order valence-electron chi connectivity index (χ2n) is 6.96. The molecule has 0 saturated heterocycles. The van der Waals surface area contributed by atoms with Gasteiger partial charge in [0, 0.05) is 34.1 Å². The number of nitrogens with one attached hydrogen (secondary N) is 2.